The topological polar surface area (TPSA) is 103 Å². The number of anilines is 1. The van der Waals surface area contributed by atoms with E-state index < -0.39 is 15.8 Å². The van der Waals surface area contributed by atoms with E-state index in [1.807, 2.05) is 0 Å². The maximum absolute atomic E-state index is 13.0. The first-order valence-corrected chi connectivity index (χ1v) is 6.76. The number of nitrogens with zero attached hydrogens (tertiary/aromatic N) is 3. The Morgan fingerprint density at radius 1 is 1.42 bits per heavy atom. The lowest BCUT2D eigenvalue weighted by Gasteiger charge is -2.09. The minimum atomic E-state index is -3.93. The summed E-state index contributed by atoms with van der Waals surface area (Å²) in [6.07, 6.45) is 3.44. The Morgan fingerprint density at radius 3 is 2.79 bits per heavy atom. The predicted octanol–water partition coefficient (Wildman–Crippen LogP) is 0.214. The highest BCUT2D eigenvalue weighted by molar-refractivity contribution is 7.92. The lowest BCUT2D eigenvalue weighted by Crippen LogP contribution is -2.17. The molecule has 2 rings (SSSR count). The molecule has 9 heteroatoms. The highest BCUT2D eigenvalue weighted by Crippen LogP contribution is 2.18. The fourth-order valence-corrected chi connectivity index (χ4v) is 2.59. The van der Waals surface area contributed by atoms with Gasteiger partial charge in [0, 0.05) is 25.4 Å². The van der Waals surface area contributed by atoms with Gasteiger partial charge in [0.25, 0.3) is 10.0 Å². The van der Waals surface area contributed by atoms with Crippen LogP contribution < -0.4 is 10.5 Å². The number of aryl methyl sites for hydroxylation is 1. The van der Waals surface area contributed by atoms with Crippen molar-refractivity contribution in [3.8, 4) is 0 Å². The molecule has 0 spiro atoms. The summed E-state index contributed by atoms with van der Waals surface area (Å²) in [6.45, 7) is 0.132. The number of nitrogens with one attached hydrogen (secondary N) is 1. The molecule has 0 unspecified atom stereocenters. The molecule has 19 heavy (non-hydrogen) atoms. The summed E-state index contributed by atoms with van der Waals surface area (Å²) in [4.78, 5) is 3.24. The molecule has 7 nitrogen and oxygen atoms in total. The van der Waals surface area contributed by atoms with Crippen LogP contribution in [-0.2, 0) is 23.6 Å². The van der Waals surface area contributed by atoms with E-state index in [0.717, 1.165) is 18.5 Å². The van der Waals surface area contributed by atoms with Crippen LogP contribution >= 0.6 is 0 Å². The zero-order valence-corrected chi connectivity index (χ0v) is 10.9. The lowest BCUT2D eigenvalue weighted by atomic mass is 10.3. The molecule has 0 fully saturated rings. The molecule has 0 bridgehead atoms. The van der Waals surface area contributed by atoms with Gasteiger partial charge in [-0.1, -0.05) is 0 Å². The second kappa shape index (κ2) is 4.94. The van der Waals surface area contributed by atoms with Gasteiger partial charge in [-0.05, 0) is 6.07 Å². The van der Waals surface area contributed by atoms with Crippen molar-refractivity contribution in [2.45, 2.75) is 11.4 Å². The molecule has 0 atom stereocenters. The Morgan fingerprint density at radius 2 is 2.16 bits per heavy atom. The SMILES string of the molecule is Cn1ncc(CN)c1NS(=O)(=O)c1cncc(F)c1. The maximum Gasteiger partial charge on any atom is 0.264 e. The van der Waals surface area contributed by atoms with Gasteiger partial charge >= 0.3 is 0 Å². The number of hydrogen-bond donors (Lipinski definition) is 2. The van der Waals surface area contributed by atoms with Gasteiger partial charge in [0.2, 0.25) is 0 Å². The Bertz CT molecular complexity index is 698. The van der Waals surface area contributed by atoms with E-state index in [-0.39, 0.29) is 17.3 Å². The van der Waals surface area contributed by atoms with Gasteiger partial charge in [-0.2, -0.15) is 5.10 Å². The number of pyridine rings is 1. The van der Waals surface area contributed by atoms with Gasteiger partial charge < -0.3 is 5.73 Å². The van der Waals surface area contributed by atoms with Crippen LogP contribution in [0.4, 0.5) is 10.2 Å². The van der Waals surface area contributed by atoms with Crippen LogP contribution in [0, 0.1) is 5.82 Å². The van der Waals surface area contributed by atoms with E-state index >= 15 is 0 Å². The van der Waals surface area contributed by atoms with Crippen LogP contribution in [-0.4, -0.2) is 23.2 Å². The summed E-state index contributed by atoms with van der Waals surface area (Å²) in [5.41, 5.74) is 6.02. The van der Waals surface area contributed by atoms with E-state index in [1.165, 1.54) is 10.9 Å². The molecule has 0 saturated heterocycles. The maximum atomic E-state index is 13.0. The van der Waals surface area contributed by atoms with E-state index in [2.05, 4.69) is 14.8 Å². The molecular formula is C10H12FN5O2S. The number of hydrogen-bond acceptors (Lipinski definition) is 5. The number of sulfonamides is 1. The molecule has 0 aromatic carbocycles. The van der Waals surface area contributed by atoms with Crippen LogP contribution in [0.3, 0.4) is 0 Å². The fraction of sp³-hybridized carbons (Fsp3) is 0.200. The van der Waals surface area contributed by atoms with Gasteiger partial charge in [-0.25, -0.2) is 12.8 Å². The van der Waals surface area contributed by atoms with Crippen LogP contribution in [0.2, 0.25) is 0 Å². The first kappa shape index (κ1) is 13.4. The molecule has 0 radical (unpaired) electrons. The highest BCUT2D eigenvalue weighted by Gasteiger charge is 2.19. The summed E-state index contributed by atoms with van der Waals surface area (Å²) in [5.74, 6) is -0.487. The van der Waals surface area contributed by atoms with E-state index in [1.54, 1.807) is 7.05 Å². The summed E-state index contributed by atoms with van der Waals surface area (Å²) < 4.78 is 40.8. The van der Waals surface area contributed by atoms with Crippen molar-refractivity contribution in [3.05, 3.63) is 36.0 Å². The Hall–Kier alpha value is -2.00. The van der Waals surface area contributed by atoms with Gasteiger partial charge in [0.1, 0.15) is 16.5 Å². The van der Waals surface area contributed by atoms with Crippen LogP contribution in [0.1, 0.15) is 5.56 Å². The summed E-state index contributed by atoms with van der Waals surface area (Å²) in [6, 6.07) is 0.883. The molecule has 2 aromatic rings. The monoisotopic (exact) mass is 285 g/mol. The predicted molar refractivity (Wildman–Crippen MR) is 66.1 cm³/mol. The largest absolute Gasteiger partial charge is 0.326 e. The molecule has 3 N–H and O–H groups in total. The fourth-order valence-electron chi connectivity index (χ4n) is 1.49. The Balaban J connectivity index is 2.39. The molecule has 0 aliphatic carbocycles. The smallest absolute Gasteiger partial charge is 0.264 e. The number of aromatic nitrogens is 3. The van der Waals surface area contributed by atoms with E-state index in [9.17, 15) is 12.8 Å². The van der Waals surface area contributed by atoms with Crippen molar-refractivity contribution in [2.24, 2.45) is 12.8 Å². The third kappa shape index (κ3) is 2.71. The van der Waals surface area contributed by atoms with Crippen molar-refractivity contribution >= 4 is 15.8 Å². The molecule has 0 aliphatic heterocycles. The quantitative estimate of drug-likeness (QED) is 0.836. The Labute approximate surface area is 109 Å². The molecule has 102 valence electrons. The first-order valence-electron chi connectivity index (χ1n) is 5.28. The minimum absolute atomic E-state index is 0.132. The van der Waals surface area contributed by atoms with E-state index in [4.69, 9.17) is 5.73 Å². The van der Waals surface area contributed by atoms with Crippen LogP contribution in [0.5, 0.6) is 0 Å². The molecule has 2 aromatic heterocycles. The normalized spacial score (nSPS) is 11.5. The van der Waals surface area contributed by atoms with Gasteiger partial charge in [0.15, 0.2) is 0 Å². The third-order valence-electron chi connectivity index (χ3n) is 2.46. The minimum Gasteiger partial charge on any atom is -0.326 e. The number of rotatable bonds is 4. The molecular weight excluding hydrogens is 273 g/mol. The zero-order valence-electron chi connectivity index (χ0n) is 10.0. The van der Waals surface area contributed by atoms with Gasteiger partial charge in [0.05, 0.1) is 12.4 Å². The van der Waals surface area contributed by atoms with Crippen molar-refractivity contribution in [2.75, 3.05) is 4.72 Å². The van der Waals surface area contributed by atoms with Crippen molar-refractivity contribution in [3.63, 3.8) is 0 Å². The molecule has 0 amide bonds. The summed E-state index contributed by atoms with van der Waals surface area (Å²) >= 11 is 0. The second-order valence-electron chi connectivity index (χ2n) is 3.79. The third-order valence-corrected chi connectivity index (χ3v) is 3.76. The van der Waals surface area contributed by atoms with Crippen LogP contribution in [0.15, 0.2) is 29.6 Å². The number of halogens is 1. The molecule has 2 heterocycles. The second-order valence-corrected chi connectivity index (χ2v) is 5.47. The van der Waals surface area contributed by atoms with Gasteiger partial charge in [-0.15, -0.1) is 0 Å². The standard InChI is InChI=1S/C10H12FN5O2S/c1-16-10(7(3-12)4-14-16)15-19(17,18)9-2-8(11)5-13-6-9/h2,4-6,15H,3,12H2,1H3. The average Bonchev–Trinajstić information content (AvgIpc) is 2.70. The van der Waals surface area contributed by atoms with E-state index in [0.29, 0.717) is 5.56 Å². The number of nitrogens with two attached hydrogens (primary N) is 1. The van der Waals surface area contributed by atoms with Gasteiger partial charge in [-0.3, -0.25) is 14.4 Å². The van der Waals surface area contributed by atoms with Crippen molar-refractivity contribution < 1.29 is 12.8 Å². The zero-order chi connectivity index (χ0) is 14.0. The Kier molecular flexibility index (Phi) is 3.49. The lowest BCUT2D eigenvalue weighted by molar-refractivity contribution is 0.591. The molecule has 0 saturated carbocycles. The first-order chi connectivity index (χ1) is 8.94. The van der Waals surface area contributed by atoms with Crippen LogP contribution in [0.25, 0.3) is 0 Å². The van der Waals surface area contributed by atoms with Crippen molar-refractivity contribution in [1.29, 1.82) is 0 Å². The summed E-state index contributed by atoms with van der Waals surface area (Å²) in [5, 5.41) is 3.90. The molecule has 0 aliphatic rings. The highest BCUT2D eigenvalue weighted by atomic mass is 32.2. The average molecular weight is 285 g/mol. The summed E-state index contributed by atoms with van der Waals surface area (Å²) in [7, 11) is -2.36. The van der Waals surface area contributed by atoms with Crippen molar-refractivity contribution in [1.82, 2.24) is 14.8 Å².